The van der Waals surface area contributed by atoms with Crippen molar-refractivity contribution in [2.75, 3.05) is 31.7 Å². The smallest absolute Gasteiger partial charge is 0.234 e. The van der Waals surface area contributed by atoms with Gasteiger partial charge in [-0.25, -0.2) is 8.42 Å². The van der Waals surface area contributed by atoms with Crippen LogP contribution in [0.25, 0.3) is 0 Å². The van der Waals surface area contributed by atoms with E-state index < -0.39 is 9.84 Å². The number of ether oxygens (including phenoxy) is 1. The van der Waals surface area contributed by atoms with Gasteiger partial charge in [0.1, 0.15) is 5.75 Å². The van der Waals surface area contributed by atoms with Crippen LogP contribution in [0.15, 0.2) is 24.3 Å². The molecule has 1 amide bonds. The average molecular weight is 326 g/mol. The predicted molar refractivity (Wildman–Crippen MR) is 84.8 cm³/mol. The van der Waals surface area contributed by atoms with E-state index in [1.54, 1.807) is 7.11 Å². The van der Waals surface area contributed by atoms with Gasteiger partial charge in [-0.05, 0) is 31.0 Å². The average Bonchev–Trinajstić information content (AvgIpc) is 2.83. The third-order valence-corrected chi connectivity index (χ3v) is 5.41. The molecule has 1 saturated heterocycles. The SMILES string of the molecule is COc1ccccc1CCNCC(=O)NC1CCS(=O)(=O)C1. The van der Waals surface area contributed by atoms with Crippen LogP contribution in [0.2, 0.25) is 0 Å². The van der Waals surface area contributed by atoms with Crippen molar-refractivity contribution in [3.05, 3.63) is 29.8 Å². The number of methoxy groups -OCH3 is 1. The molecule has 122 valence electrons. The Kier molecular flexibility index (Phi) is 5.79. The van der Waals surface area contributed by atoms with Gasteiger partial charge in [0.15, 0.2) is 9.84 Å². The summed E-state index contributed by atoms with van der Waals surface area (Å²) in [7, 11) is -1.32. The first-order valence-electron chi connectivity index (χ1n) is 7.32. The molecule has 1 aromatic carbocycles. The van der Waals surface area contributed by atoms with Gasteiger partial charge in [0, 0.05) is 6.04 Å². The van der Waals surface area contributed by atoms with Gasteiger partial charge in [-0.2, -0.15) is 0 Å². The van der Waals surface area contributed by atoms with Crippen LogP contribution in [0.4, 0.5) is 0 Å². The number of nitrogens with one attached hydrogen (secondary N) is 2. The van der Waals surface area contributed by atoms with Crippen LogP contribution < -0.4 is 15.4 Å². The van der Waals surface area contributed by atoms with Crippen molar-refractivity contribution in [3.8, 4) is 5.75 Å². The van der Waals surface area contributed by atoms with Crippen LogP contribution in [-0.2, 0) is 21.1 Å². The summed E-state index contributed by atoms with van der Waals surface area (Å²) in [5.41, 5.74) is 1.08. The fourth-order valence-corrected chi connectivity index (χ4v) is 4.20. The lowest BCUT2D eigenvalue weighted by molar-refractivity contribution is -0.120. The van der Waals surface area contributed by atoms with Crippen molar-refractivity contribution in [1.82, 2.24) is 10.6 Å². The summed E-state index contributed by atoms with van der Waals surface area (Å²) in [5.74, 6) is 0.895. The molecular weight excluding hydrogens is 304 g/mol. The third-order valence-electron chi connectivity index (χ3n) is 3.65. The molecule has 1 unspecified atom stereocenters. The van der Waals surface area contributed by atoms with Gasteiger partial charge >= 0.3 is 0 Å². The summed E-state index contributed by atoms with van der Waals surface area (Å²) in [6, 6.07) is 7.52. The van der Waals surface area contributed by atoms with E-state index in [-0.39, 0.29) is 30.0 Å². The minimum absolute atomic E-state index is 0.0555. The Hall–Kier alpha value is -1.60. The Morgan fingerprint density at radius 3 is 2.82 bits per heavy atom. The molecule has 22 heavy (non-hydrogen) atoms. The van der Waals surface area contributed by atoms with E-state index in [1.165, 1.54) is 0 Å². The van der Waals surface area contributed by atoms with Gasteiger partial charge in [-0.15, -0.1) is 0 Å². The van der Waals surface area contributed by atoms with Crippen molar-refractivity contribution in [1.29, 1.82) is 0 Å². The second kappa shape index (κ2) is 7.60. The van der Waals surface area contributed by atoms with E-state index in [2.05, 4.69) is 10.6 Å². The molecule has 0 saturated carbocycles. The lowest BCUT2D eigenvalue weighted by Gasteiger charge is -2.12. The zero-order valence-corrected chi connectivity index (χ0v) is 13.5. The monoisotopic (exact) mass is 326 g/mol. The van der Waals surface area contributed by atoms with E-state index >= 15 is 0 Å². The Bertz CT molecular complexity index is 616. The van der Waals surface area contributed by atoms with Gasteiger partial charge in [-0.1, -0.05) is 18.2 Å². The van der Waals surface area contributed by atoms with Crippen molar-refractivity contribution in [3.63, 3.8) is 0 Å². The summed E-state index contributed by atoms with van der Waals surface area (Å²) in [4.78, 5) is 11.8. The number of hydrogen-bond acceptors (Lipinski definition) is 5. The lowest BCUT2D eigenvalue weighted by Crippen LogP contribution is -2.41. The molecule has 0 aliphatic carbocycles. The van der Waals surface area contributed by atoms with Crippen LogP contribution in [0.5, 0.6) is 5.75 Å². The van der Waals surface area contributed by atoms with Crippen molar-refractivity contribution in [2.45, 2.75) is 18.9 Å². The molecule has 2 rings (SSSR count). The molecule has 1 fully saturated rings. The minimum Gasteiger partial charge on any atom is -0.496 e. The Morgan fingerprint density at radius 1 is 1.36 bits per heavy atom. The van der Waals surface area contributed by atoms with Crippen molar-refractivity contribution >= 4 is 15.7 Å². The largest absolute Gasteiger partial charge is 0.496 e. The zero-order chi connectivity index (χ0) is 16.0. The van der Waals surface area contributed by atoms with Crippen LogP contribution in [0.3, 0.4) is 0 Å². The maximum absolute atomic E-state index is 11.8. The quantitative estimate of drug-likeness (QED) is 0.696. The van der Waals surface area contributed by atoms with E-state index in [4.69, 9.17) is 4.74 Å². The predicted octanol–water partition coefficient (Wildman–Crippen LogP) is 0.131. The Morgan fingerprint density at radius 2 is 2.14 bits per heavy atom. The molecule has 0 radical (unpaired) electrons. The van der Waals surface area contributed by atoms with E-state index in [1.807, 2.05) is 24.3 Å². The highest BCUT2D eigenvalue weighted by Crippen LogP contribution is 2.17. The molecule has 0 bridgehead atoms. The number of para-hydroxylation sites is 1. The second-order valence-electron chi connectivity index (χ2n) is 5.41. The molecule has 1 heterocycles. The minimum atomic E-state index is -2.96. The van der Waals surface area contributed by atoms with E-state index in [9.17, 15) is 13.2 Å². The highest BCUT2D eigenvalue weighted by atomic mass is 32.2. The first-order valence-corrected chi connectivity index (χ1v) is 9.15. The standard InChI is InChI=1S/C15H22N2O4S/c1-21-14-5-3-2-4-12(14)6-8-16-10-15(18)17-13-7-9-22(19,20)11-13/h2-5,13,16H,6-11H2,1H3,(H,17,18). The normalized spacial score (nSPS) is 19.8. The fraction of sp³-hybridized carbons (Fsp3) is 0.533. The molecule has 2 N–H and O–H groups in total. The molecule has 1 aliphatic rings. The molecule has 0 spiro atoms. The number of benzene rings is 1. The van der Waals surface area contributed by atoms with Crippen LogP contribution in [0, 0.1) is 0 Å². The highest BCUT2D eigenvalue weighted by molar-refractivity contribution is 7.91. The van der Waals surface area contributed by atoms with Gasteiger partial charge in [0.05, 0.1) is 25.2 Å². The van der Waals surface area contributed by atoms with Crippen LogP contribution in [0.1, 0.15) is 12.0 Å². The molecule has 7 heteroatoms. The van der Waals surface area contributed by atoms with Gasteiger partial charge in [-0.3, -0.25) is 4.79 Å². The highest BCUT2D eigenvalue weighted by Gasteiger charge is 2.28. The third kappa shape index (κ3) is 4.99. The Labute approximate surface area is 131 Å². The van der Waals surface area contributed by atoms with E-state index in [0.29, 0.717) is 13.0 Å². The van der Waals surface area contributed by atoms with Gasteiger partial charge in [0.2, 0.25) is 5.91 Å². The first-order chi connectivity index (χ1) is 10.5. The maximum Gasteiger partial charge on any atom is 0.234 e. The maximum atomic E-state index is 11.8. The summed E-state index contributed by atoms with van der Waals surface area (Å²) < 4.78 is 27.9. The van der Waals surface area contributed by atoms with Crippen molar-refractivity contribution < 1.29 is 17.9 Å². The molecule has 0 aromatic heterocycles. The number of sulfone groups is 1. The van der Waals surface area contributed by atoms with Gasteiger partial charge in [0.25, 0.3) is 0 Å². The summed E-state index contributed by atoms with van der Waals surface area (Å²) in [6.45, 7) is 0.836. The number of amides is 1. The molecule has 1 aromatic rings. The van der Waals surface area contributed by atoms with E-state index in [0.717, 1.165) is 17.7 Å². The van der Waals surface area contributed by atoms with Crippen molar-refractivity contribution in [2.24, 2.45) is 0 Å². The van der Waals surface area contributed by atoms with Crippen LogP contribution in [-0.4, -0.2) is 52.1 Å². The van der Waals surface area contributed by atoms with Gasteiger partial charge < -0.3 is 15.4 Å². The fourth-order valence-electron chi connectivity index (χ4n) is 2.52. The molecule has 6 nitrogen and oxygen atoms in total. The molecule has 1 atom stereocenters. The Balaban J connectivity index is 1.67. The summed E-state index contributed by atoms with van der Waals surface area (Å²) >= 11 is 0. The number of carbonyl (C=O) groups excluding carboxylic acids is 1. The number of hydrogen-bond donors (Lipinski definition) is 2. The number of carbonyl (C=O) groups is 1. The molecule has 1 aliphatic heterocycles. The summed E-state index contributed by atoms with van der Waals surface area (Å²) in [5, 5.41) is 5.81. The summed E-state index contributed by atoms with van der Waals surface area (Å²) in [6.07, 6.45) is 1.27. The topological polar surface area (TPSA) is 84.5 Å². The lowest BCUT2D eigenvalue weighted by atomic mass is 10.1. The first kappa shape index (κ1) is 16.8. The molecular formula is C15H22N2O4S. The second-order valence-corrected chi connectivity index (χ2v) is 7.63. The zero-order valence-electron chi connectivity index (χ0n) is 12.7. The van der Waals surface area contributed by atoms with Crippen LogP contribution >= 0.6 is 0 Å². The number of rotatable bonds is 7.